The number of amides is 1. The first kappa shape index (κ1) is 17.3. The molecule has 1 amide bonds. The van der Waals surface area contributed by atoms with Crippen LogP contribution in [0.2, 0.25) is 0 Å². The van der Waals surface area contributed by atoms with Crippen LogP contribution in [-0.2, 0) is 14.8 Å². The molecule has 0 spiro atoms. The molecule has 0 saturated carbocycles. The van der Waals surface area contributed by atoms with Crippen LogP contribution < -0.4 is 10.0 Å². The molecule has 1 atom stereocenters. The topological polar surface area (TPSA) is 93.1 Å². The van der Waals surface area contributed by atoms with E-state index in [1.54, 1.807) is 36.1 Å². The van der Waals surface area contributed by atoms with Crippen LogP contribution in [0, 0.1) is 0 Å². The summed E-state index contributed by atoms with van der Waals surface area (Å²) < 4.78 is 28.7. The molecule has 3 aromatic rings. The molecule has 1 aromatic carbocycles. The average Bonchev–Trinajstić information content (AvgIpc) is 3.29. The second kappa shape index (κ2) is 7.18. The number of hydrogen-bond donors (Lipinski definition) is 2. The molecular weight excluding hydrogens is 360 g/mol. The number of nitrogens with zero attached hydrogens (tertiary/aromatic N) is 2. The third-order valence-electron chi connectivity index (χ3n) is 3.42. The third-order valence-corrected chi connectivity index (χ3v) is 6.36. The predicted octanol–water partition coefficient (Wildman–Crippen LogP) is 2.24. The Morgan fingerprint density at radius 3 is 2.60 bits per heavy atom. The molecule has 0 aliphatic rings. The van der Waals surface area contributed by atoms with Crippen LogP contribution in [0.3, 0.4) is 0 Å². The van der Waals surface area contributed by atoms with Gasteiger partial charge in [0.1, 0.15) is 4.21 Å². The molecule has 9 heteroatoms. The Hall–Kier alpha value is -2.49. The van der Waals surface area contributed by atoms with Gasteiger partial charge < -0.3 is 9.88 Å². The van der Waals surface area contributed by atoms with Crippen molar-refractivity contribution >= 4 is 33.0 Å². The normalized spacial score (nSPS) is 12.7. The number of imidazole rings is 1. The van der Waals surface area contributed by atoms with Gasteiger partial charge in [0.2, 0.25) is 5.91 Å². The smallest absolute Gasteiger partial charge is 0.250 e. The molecule has 0 aliphatic heterocycles. The van der Waals surface area contributed by atoms with Crippen LogP contribution in [0.5, 0.6) is 0 Å². The van der Waals surface area contributed by atoms with E-state index in [-0.39, 0.29) is 4.21 Å². The Bertz CT molecular complexity index is 934. The lowest BCUT2D eigenvalue weighted by molar-refractivity contribution is -0.117. The van der Waals surface area contributed by atoms with Crippen molar-refractivity contribution in [1.82, 2.24) is 14.3 Å². The number of carbonyl (C=O) groups excluding carboxylic acids is 1. The van der Waals surface area contributed by atoms with Gasteiger partial charge in [-0.05, 0) is 42.6 Å². The lowest BCUT2D eigenvalue weighted by atomic mass is 10.2. The van der Waals surface area contributed by atoms with E-state index in [1.807, 2.05) is 22.9 Å². The second-order valence-corrected chi connectivity index (χ2v) is 8.17. The number of nitrogens with one attached hydrogen (secondary N) is 2. The van der Waals surface area contributed by atoms with Crippen LogP contribution in [0.4, 0.5) is 5.69 Å². The minimum atomic E-state index is -3.69. The first-order chi connectivity index (χ1) is 12.0. The largest absolute Gasteiger partial charge is 0.325 e. The fourth-order valence-corrected chi connectivity index (χ4v) is 4.35. The summed E-state index contributed by atoms with van der Waals surface area (Å²) in [5.74, 6) is -0.435. The molecule has 3 rings (SSSR count). The van der Waals surface area contributed by atoms with E-state index < -0.39 is 22.0 Å². The molecule has 25 heavy (non-hydrogen) atoms. The number of anilines is 1. The number of benzene rings is 1. The maximum absolute atomic E-state index is 12.2. The zero-order valence-corrected chi connectivity index (χ0v) is 14.9. The van der Waals surface area contributed by atoms with Crippen molar-refractivity contribution in [2.75, 3.05) is 5.32 Å². The highest BCUT2D eigenvalue weighted by Gasteiger charge is 2.22. The summed E-state index contributed by atoms with van der Waals surface area (Å²) in [5, 5.41) is 4.36. The van der Waals surface area contributed by atoms with E-state index in [4.69, 9.17) is 0 Å². The van der Waals surface area contributed by atoms with E-state index in [1.165, 1.54) is 13.0 Å². The zero-order chi connectivity index (χ0) is 17.9. The van der Waals surface area contributed by atoms with E-state index in [9.17, 15) is 13.2 Å². The number of carbonyl (C=O) groups is 1. The fraction of sp³-hybridized carbons (Fsp3) is 0.125. The van der Waals surface area contributed by atoms with Crippen molar-refractivity contribution in [3.8, 4) is 5.69 Å². The van der Waals surface area contributed by atoms with Crippen molar-refractivity contribution in [1.29, 1.82) is 0 Å². The molecule has 7 nitrogen and oxygen atoms in total. The van der Waals surface area contributed by atoms with E-state index >= 15 is 0 Å². The van der Waals surface area contributed by atoms with Gasteiger partial charge in [-0.25, -0.2) is 13.4 Å². The Morgan fingerprint density at radius 1 is 1.24 bits per heavy atom. The fourth-order valence-electron chi connectivity index (χ4n) is 2.14. The number of thiophene rings is 1. The van der Waals surface area contributed by atoms with Gasteiger partial charge in [0.15, 0.2) is 0 Å². The summed E-state index contributed by atoms with van der Waals surface area (Å²) in [5.41, 5.74) is 1.48. The summed E-state index contributed by atoms with van der Waals surface area (Å²) >= 11 is 1.10. The highest BCUT2D eigenvalue weighted by Crippen LogP contribution is 2.17. The monoisotopic (exact) mass is 376 g/mol. The highest BCUT2D eigenvalue weighted by atomic mass is 32.2. The Morgan fingerprint density at radius 2 is 2.00 bits per heavy atom. The maximum Gasteiger partial charge on any atom is 0.250 e. The molecular formula is C16H16N4O3S2. The number of hydrogen-bond acceptors (Lipinski definition) is 5. The van der Waals surface area contributed by atoms with Crippen LogP contribution in [-0.4, -0.2) is 29.9 Å². The lowest BCUT2D eigenvalue weighted by Gasteiger charge is -2.14. The molecule has 0 aliphatic carbocycles. The predicted molar refractivity (Wildman–Crippen MR) is 96.3 cm³/mol. The first-order valence-electron chi connectivity index (χ1n) is 7.41. The number of aromatic nitrogens is 2. The van der Waals surface area contributed by atoms with Crippen LogP contribution >= 0.6 is 11.3 Å². The molecule has 2 heterocycles. The van der Waals surface area contributed by atoms with Crippen LogP contribution in [0.15, 0.2) is 64.7 Å². The van der Waals surface area contributed by atoms with Crippen molar-refractivity contribution in [2.45, 2.75) is 17.2 Å². The van der Waals surface area contributed by atoms with Gasteiger partial charge in [0.25, 0.3) is 10.0 Å². The van der Waals surface area contributed by atoms with Crippen molar-refractivity contribution < 1.29 is 13.2 Å². The van der Waals surface area contributed by atoms with Gasteiger partial charge in [-0.1, -0.05) is 6.07 Å². The SMILES string of the molecule is CC(NS(=O)(=O)c1cccs1)C(=O)Nc1ccc(-n2ccnc2)cc1. The minimum Gasteiger partial charge on any atom is -0.325 e. The molecule has 130 valence electrons. The number of sulfonamides is 1. The minimum absolute atomic E-state index is 0.178. The van der Waals surface area contributed by atoms with Gasteiger partial charge in [-0.2, -0.15) is 4.72 Å². The average molecular weight is 376 g/mol. The molecule has 1 unspecified atom stereocenters. The van der Waals surface area contributed by atoms with Gasteiger partial charge in [-0.15, -0.1) is 11.3 Å². The molecule has 0 bridgehead atoms. The Labute approximate surface area is 149 Å². The van der Waals surface area contributed by atoms with Gasteiger partial charge in [0.05, 0.1) is 12.4 Å². The summed E-state index contributed by atoms with van der Waals surface area (Å²) in [6.45, 7) is 1.50. The molecule has 0 fully saturated rings. The molecule has 2 aromatic heterocycles. The molecule has 0 radical (unpaired) electrons. The zero-order valence-electron chi connectivity index (χ0n) is 13.3. The van der Waals surface area contributed by atoms with Gasteiger partial charge in [-0.3, -0.25) is 4.79 Å². The summed E-state index contributed by atoms with van der Waals surface area (Å²) in [6, 6.07) is 9.38. The second-order valence-electron chi connectivity index (χ2n) is 5.28. The first-order valence-corrected chi connectivity index (χ1v) is 9.77. The van der Waals surface area contributed by atoms with E-state index in [2.05, 4.69) is 15.0 Å². The van der Waals surface area contributed by atoms with Crippen LogP contribution in [0.25, 0.3) is 5.69 Å². The quantitative estimate of drug-likeness (QED) is 0.690. The highest BCUT2D eigenvalue weighted by molar-refractivity contribution is 7.91. The van der Waals surface area contributed by atoms with Crippen molar-refractivity contribution in [3.05, 3.63) is 60.5 Å². The molecule has 0 saturated heterocycles. The summed E-state index contributed by atoms with van der Waals surface area (Å²) in [7, 11) is -3.69. The standard InChI is InChI=1S/C16H16N4O3S2/c1-12(19-25(22,23)15-3-2-10-24-15)16(21)18-13-4-6-14(7-5-13)20-9-8-17-11-20/h2-12,19H,1H3,(H,18,21). The lowest BCUT2D eigenvalue weighted by Crippen LogP contribution is -2.41. The van der Waals surface area contributed by atoms with E-state index in [0.29, 0.717) is 5.69 Å². The summed E-state index contributed by atoms with van der Waals surface area (Å²) in [6.07, 6.45) is 5.17. The molecule has 2 N–H and O–H groups in total. The Kier molecular flexibility index (Phi) is 4.98. The van der Waals surface area contributed by atoms with Crippen LogP contribution in [0.1, 0.15) is 6.92 Å². The Balaban J connectivity index is 1.63. The van der Waals surface area contributed by atoms with Crippen molar-refractivity contribution in [3.63, 3.8) is 0 Å². The van der Waals surface area contributed by atoms with E-state index in [0.717, 1.165) is 17.0 Å². The third kappa shape index (κ3) is 4.13. The summed E-state index contributed by atoms with van der Waals surface area (Å²) in [4.78, 5) is 16.2. The number of rotatable bonds is 6. The maximum atomic E-state index is 12.2. The van der Waals surface area contributed by atoms with Gasteiger partial charge in [0, 0.05) is 23.8 Å². The van der Waals surface area contributed by atoms with Gasteiger partial charge >= 0.3 is 0 Å². The van der Waals surface area contributed by atoms with Crippen molar-refractivity contribution in [2.24, 2.45) is 0 Å².